The van der Waals surface area contributed by atoms with Gasteiger partial charge in [0.25, 0.3) is 0 Å². The highest BCUT2D eigenvalue weighted by atomic mass is 16.5. The summed E-state index contributed by atoms with van der Waals surface area (Å²) in [5.41, 5.74) is 1.42. The maximum absolute atomic E-state index is 13.5. The molecule has 2 aliphatic carbocycles. The van der Waals surface area contributed by atoms with Crippen LogP contribution in [0.2, 0.25) is 0 Å². The van der Waals surface area contributed by atoms with Crippen LogP contribution in [0, 0.1) is 11.3 Å². The highest BCUT2D eigenvalue weighted by Gasteiger charge is 2.55. The number of likely N-dealkylation sites (tertiary alicyclic amines) is 1. The Labute approximate surface area is 186 Å². The van der Waals surface area contributed by atoms with Gasteiger partial charge in [0.15, 0.2) is 0 Å². The normalized spacial score (nSPS) is 25.5. The lowest BCUT2D eigenvalue weighted by atomic mass is 9.71. The quantitative estimate of drug-likeness (QED) is 0.319. The van der Waals surface area contributed by atoms with Crippen molar-refractivity contribution in [3.63, 3.8) is 0 Å². The largest absolute Gasteiger partial charge is 0.465 e. The number of fused-ring (bicyclic) bond motifs is 1. The number of hydrogen-bond acceptors (Lipinski definition) is 4. The summed E-state index contributed by atoms with van der Waals surface area (Å²) in [6.07, 6.45) is 13.7. The lowest BCUT2D eigenvalue weighted by molar-refractivity contribution is -0.160. The van der Waals surface area contributed by atoms with E-state index in [1.165, 1.54) is 18.4 Å². The zero-order chi connectivity index (χ0) is 22.3. The molecule has 0 aromatic rings. The molecule has 3 aliphatic rings. The minimum Gasteiger partial charge on any atom is -0.465 e. The maximum atomic E-state index is 13.5. The van der Waals surface area contributed by atoms with Crippen molar-refractivity contribution < 1.29 is 19.1 Å². The van der Waals surface area contributed by atoms with Crippen molar-refractivity contribution in [2.75, 3.05) is 19.7 Å². The Morgan fingerprint density at radius 2 is 2.06 bits per heavy atom. The Kier molecular flexibility index (Phi) is 8.33. The van der Waals surface area contributed by atoms with E-state index in [2.05, 4.69) is 18.3 Å². The van der Waals surface area contributed by atoms with E-state index in [0.29, 0.717) is 32.5 Å². The molecule has 1 aliphatic heterocycles. The number of esters is 1. The first-order valence-corrected chi connectivity index (χ1v) is 12.2. The van der Waals surface area contributed by atoms with E-state index in [1.807, 2.05) is 17.9 Å². The Hall–Kier alpha value is -2.11. The maximum Gasteiger partial charge on any atom is 0.318 e. The third kappa shape index (κ3) is 5.39. The molecule has 2 atom stereocenters. The zero-order valence-electron chi connectivity index (χ0n) is 19.2. The summed E-state index contributed by atoms with van der Waals surface area (Å²) in [6, 6.07) is 0. The van der Waals surface area contributed by atoms with E-state index in [9.17, 15) is 14.4 Å². The molecule has 0 unspecified atom stereocenters. The number of nitrogens with zero attached hydrogens (tertiary/aromatic N) is 1. The van der Waals surface area contributed by atoms with Gasteiger partial charge in [-0.15, -0.1) is 0 Å². The molecule has 0 aromatic heterocycles. The molecule has 0 bridgehead atoms. The molecule has 0 saturated carbocycles. The molecule has 0 spiro atoms. The van der Waals surface area contributed by atoms with Crippen molar-refractivity contribution in [3.8, 4) is 0 Å². The first-order chi connectivity index (χ1) is 15.0. The number of piperidine rings is 1. The third-order valence-electron chi connectivity index (χ3n) is 6.89. The van der Waals surface area contributed by atoms with Crippen molar-refractivity contribution in [2.45, 2.75) is 84.5 Å². The van der Waals surface area contributed by atoms with E-state index in [-0.39, 0.29) is 24.2 Å². The lowest BCUT2D eigenvalue weighted by Crippen LogP contribution is -2.52. The number of carbonyl (C=O) groups excluding carboxylic acids is 3. The van der Waals surface area contributed by atoms with Crippen LogP contribution >= 0.6 is 0 Å². The van der Waals surface area contributed by atoms with Crippen LogP contribution in [-0.4, -0.2) is 42.4 Å². The van der Waals surface area contributed by atoms with Gasteiger partial charge in [-0.25, -0.2) is 0 Å². The number of unbranched alkanes of at least 4 members (excludes halogenated alkanes) is 1. The highest BCUT2D eigenvalue weighted by molar-refractivity contribution is 5.92. The SMILES string of the molecule is CCCCNC(=O)C[C@@H]1C[C@@]2(C(=O)OCC)CCC=C2N(CCC2=CCCCC2)C1=O. The lowest BCUT2D eigenvalue weighted by Gasteiger charge is -2.44. The Morgan fingerprint density at radius 1 is 1.23 bits per heavy atom. The fourth-order valence-electron chi connectivity index (χ4n) is 5.24. The van der Waals surface area contributed by atoms with Crippen molar-refractivity contribution in [1.82, 2.24) is 10.2 Å². The number of hydrogen-bond donors (Lipinski definition) is 1. The van der Waals surface area contributed by atoms with Crippen LogP contribution in [0.1, 0.15) is 84.5 Å². The Balaban J connectivity index is 1.79. The van der Waals surface area contributed by atoms with Crippen molar-refractivity contribution in [2.24, 2.45) is 11.3 Å². The number of rotatable bonds is 10. The average Bonchev–Trinajstić information content (AvgIpc) is 3.20. The van der Waals surface area contributed by atoms with Crippen LogP contribution in [0.15, 0.2) is 23.4 Å². The number of amides is 2. The second-order valence-electron chi connectivity index (χ2n) is 9.09. The molecular formula is C25H38N2O4. The standard InChI is InChI=1S/C25H38N2O4/c1-3-5-15-26-22(28)17-20-18-25(24(30)31-4-2)14-9-12-21(25)27(23(20)29)16-13-19-10-7-6-8-11-19/h10,12,20H,3-9,11,13-18H2,1-2H3,(H,26,28)/t20-,25+/m1/s1. The van der Waals surface area contributed by atoms with Gasteiger partial charge in [0.1, 0.15) is 5.41 Å². The fraction of sp³-hybridized carbons (Fsp3) is 0.720. The van der Waals surface area contributed by atoms with E-state index in [0.717, 1.165) is 44.2 Å². The summed E-state index contributed by atoms with van der Waals surface area (Å²) in [7, 11) is 0. The summed E-state index contributed by atoms with van der Waals surface area (Å²) < 4.78 is 5.47. The Bertz CT molecular complexity index is 742. The zero-order valence-corrected chi connectivity index (χ0v) is 19.2. The second kappa shape index (κ2) is 11.0. The number of nitrogens with one attached hydrogen (secondary N) is 1. The third-order valence-corrected chi connectivity index (χ3v) is 6.89. The van der Waals surface area contributed by atoms with Gasteiger partial charge in [0.2, 0.25) is 11.8 Å². The van der Waals surface area contributed by atoms with E-state index < -0.39 is 11.3 Å². The molecule has 172 valence electrons. The minimum absolute atomic E-state index is 0.0184. The number of ether oxygens (including phenoxy) is 1. The van der Waals surface area contributed by atoms with E-state index >= 15 is 0 Å². The topological polar surface area (TPSA) is 75.7 Å². The van der Waals surface area contributed by atoms with Crippen LogP contribution in [0.4, 0.5) is 0 Å². The predicted molar refractivity (Wildman–Crippen MR) is 120 cm³/mol. The molecule has 1 N–H and O–H groups in total. The molecule has 6 heteroatoms. The van der Waals surface area contributed by atoms with Crippen molar-refractivity contribution in [1.29, 1.82) is 0 Å². The summed E-state index contributed by atoms with van der Waals surface area (Å²) in [5.74, 6) is -0.854. The smallest absolute Gasteiger partial charge is 0.318 e. The van der Waals surface area contributed by atoms with Gasteiger partial charge in [-0.05, 0) is 64.7 Å². The number of carbonyl (C=O) groups is 3. The summed E-state index contributed by atoms with van der Waals surface area (Å²) >= 11 is 0. The molecule has 1 fully saturated rings. The van der Waals surface area contributed by atoms with Crippen molar-refractivity contribution in [3.05, 3.63) is 23.4 Å². The highest BCUT2D eigenvalue weighted by Crippen LogP contribution is 2.51. The predicted octanol–water partition coefficient (Wildman–Crippen LogP) is 4.26. The fourth-order valence-corrected chi connectivity index (χ4v) is 5.24. The minimum atomic E-state index is -0.792. The van der Waals surface area contributed by atoms with Gasteiger partial charge in [0.05, 0.1) is 6.61 Å². The molecule has 1 heterocycles. The van der Waals surface area contributed by atoms with Crippen LogP contribution < -0.4 is 5.32 Å². The van der Waals surface area contributed by atoms with Crippen LogP contribution in [-0.2, 0) is 19.1 Å². The molecular weight excluding hydrogens is 392 g/mol. The van der Waals surface area contributed by atoms with Gasteiger partial charge in [-0.3, -0.25) is 14.4 Å². The van der Waals surface area contributed by atoms with Gasteiger partial charge < -0.3 is 15.0 Å². The second-order valence-corrected chi connectivity index (χ2v) is 9.09. The molecule has 1 saturated heterocycles. The van der Waals surface area contributed by atoms with Crippen LogP contribution in [0.5, 0.6) is 0 Å². The van der Waals surface area contributed by atoms with Crippen LogP contribution in [0.25, 0.3) is 0 Å². The molecule has 2 amide bonds. The molecule has 31 heavy (non-hydrogen) atoms. The van der Waals surface area contributed by atoms with Crippen molar-refractivity contribution >= 4 is 17.8 Å². The Morgan fingerprint density at radius 3 is 2.77 bits per heavy atom. The first kappa shape index (κ1) is 23.6. The van der Waals surface area contributed by atoms with Gasteiger partial charge in [0, 0.05) is 31.1 Å². The van der Waals surface area contributed by atoms with E-state index in [1.54, 1.807) is 0 Å². The van der Waals surface area contributed by atoms with E-state index in [4.69, 9.17) is 4.74 Å². The molecule has 3 rings (SSSR count). The van der Waals surface area contributed by atoms with Gasteiger partial charge in [-0.1, -0.05) is 31.1 Å². The average molecular weight is 431 g/mol. The first-order valence-electron chi connectivity index (χ1n) is 12.2. The van der Waals surface area contributed by atoms with Gasteiger partial charge in [-0.2, -0.15) is 0 Å². The number of allylic oxidation sites excluding steroid dienone is 2. The van der Waals surface area contributed by atoms with Crippen LogP contribution in [0.3, 0.4) is 0 Å². The van der Waals surface area contributed by atoms with Gasteiger partial charge >= 0.3 is 5.97 Å². The summed E-state index contributed by atoms with van der Waals surface area (Å²) in [6.45, 7) is 5.41. The summed E-state index contributed by atoms with van der Waals surface area (Å²) in [5, 5.41) is 2.93. The summed E-state index contributed by atoms with van der Waals surface area (Å²) in [4.78, 5) is 40.9. The molecule has 6 nitrogen and oxygen atoms in total. The molecule has 0 radical (unpaired) electrons. The molecule has 0 aromatic carbocycles. The monoisotopic (exact) mass is 430 g/mol.